The number of nitrogens with one attached hydrogen (secondary N) is 1. The van der Waals surface area contributed by atoms with E-state index in [4.69, 9.17) is 11.6 Å². The Morgan fingerprint density at radius 1 is 0.905 bits per heavy atom. The van der Waals surface area contributed by atoms with Gasteiger partial charge in [0.15, 0.2) is 0 Å². The first kappa shape index (κ1) is 14.5. The van der Waals surface area contributed by atoms with Crippen molar-refractivity contribution in [3.63, 3.8) is 0 Å². The van der Waals surface area contributed by atoms with E-state index in [9.17, 15) is 0 Å². The van der Waals surface area contributed by atoms with Gasteiger partial charge in [-0.25, -0.2) is 0 Å². The lowest BCUT2D eigenvalue weighted by Gasteiger charge is -2.07. The standard InChI is InChI=1S/C18H16ClNS/c1-20-12-15-7-9-17(11-18(15)19)21-16-8-6-13-4-2-3-5-14(13)10-16/h2-11,20H,12H2,1H3. The maximum atomic E-state index is 6.32. The van der Waals surface area contributed by atoms with Gasteiger partial charge in [0.25, 0.3) is 0 Å². The molecule has 0 aliphatic carbocycles. The van der Waals surface area contributed by atoms with Crippen molar-refractivity contribution in [1.29, 1.82) is 0 Å². The van der Waals surface area contributed by atoms with Crippen LogP contribution in [-0.2, 0) is 6.54 Å². The molecule has 0 aliphatic heterocycles. The van der Waals surface area contributed by atoms with Crippen LogP contribution in [0.1, 0.15) is 5.56 Å². The van der Waals surface area contributed by atoms with E-state index >= 15 is 0 Å². The molecular formula is C18H16ClNS. The van der Waals surface area contributed by atoms with Gasteiger partial charge < -0.3 is 5.32 Å². The second-order valence-corrected chi connectivity index (χ2v) is 6.45. The zero-order chi connectivity index (χ0) is 14.7. The molecule has 0 fully saturated rings. The number of hydrogen-bond acceptors (Lipinski definition) is 2. The number of benzene rings is 3. The maximum absolute atomic E-state index is 6.32. The molecule has 0 unspecified atom stereocenters. The highest BCUT2D eigenvalue weighted by Crippen LogP contribution is 2.32. The van der Waals surface area contributed by atoms with Crippen LogP contribution in [0.15, 0.2) is 70.5 Å². The lowest BCUT2D eigenvalue weighted by atomic mass is 10.1. The molecule has 0 atom stereocenters. The Bertz CT molecular complexity index is 770. The van der Waals surface area contributed by atoms with Crippen molar-refractivity contribution < 1.29 is 0 Å². The van der Waals surface area contributed by atoms with Crippen molar-refractivity contribution in [2.24, 2.45) is 0 Å². The van der Waals surface area contributed by atoms with Crippen LogP contribution in [0.5, 0.6) is 0 Å². The van der Waals surface area contributed by atoms with Gasteiger partial charge in [-0.05, 0) is 47.6 Å². The minimum absolute atomic E-state index is 0.791. The van der Waals surface area contributed by atoms with Crippen LogP contribution >= 0.6 is 23.4 Å². The molecule has 3 rings (SSSR count). The number of fused-ring (bicyclic) bond motifs is 1. The van der Waals surface area contributed by atoms with Gasteiger partial charge in [0, 0.05) is 21.4 Å². The summed E-state index contributed by atoms with van der Waals surface area (Å²) in [5.41, 5.74) is 1.13. The van der Waals surface area contributed by atoms with Gasteiger partial charge in [-0.1, -0.05) is 59.8 Å². The normalized spacial score (nSPS) is 11.0. The molecule has 3 aromatic rings. The summed E-state index contributed by atoms with van der Waals surface area (Å²) < 4.78 is 0. The van der Waals surface area contributed by atoms with Crippen molar-refractivity contribution in [1.82, 2.24) is 5.32 Å². The summed E-state index contributed by atoms with van der Waals surface area (Å²) in [4.78, 5) is 2.39. The van der Waals surface area contributed by atoms with Crippen LogP contribution in [0.3, 0.4) is 0 Å². The van der Waals surface area contributed by atoms with Crippen LogP contribution in [0.2, 0.25) is 5.02 Å². The van der Waals surface area contributed by atoms with E-state index in [1.165, 1.54) is 15.7 Å². The Kier molecular flexibility index (Phi) is 4.49. The smallest absolute Gasteiger partial charge is 0.0462 e. The van der Waals surface area contributed by atoms with E-state index in [0.717, 1.165) is 22.0 Å². The van der Waals surface area contributed by atoms with Gasteiger partial charge in [0.2, 0.25) is 0 Å². The van der Waals surface area contributed by atoms with Gasteiger partial charge in [0.1, 0.15) is 0 Å². The van der Waals surface area contributed by atoms with Crippen LogP contribution in [0.4, 0.5) is 0 Å². The molecule has 0 radical (unpaired) electrons. The molecule has 0 saturated carbocycles. The van der Waals surface area contributed by atoms with E-state index in [0.29, 0.717) is 0 Å². The quantitative estimate of drug-likeness (QED) is 0.695. The van der Waals surface area contributed by atoms with E-state index in [1.807, 2.05) is 13.1 Å². The Balaban J connectivity index is 1.86. The molecule has 1 nitrogen and oxygen atoms in total. The van der Waals surface area contributed by atoms with Crippen molar-refractivity contribution in [3.8, 4) is 0 Å². The molecule has 0 aromatic heterocycles. The van der Waals surface area contributed by atoms with Crippen molar-refractivity contribution in [2.45, 2.75) is 16.3 Å². The molecule has 0 aliphatic rings. The highest BCUT2D eigenvalue weighted by molar-refractivity contribution is 7.99. The minimum Gasteiger partial charge on any atom is -0.316 e. The van der Waals surface area contributed by atoms with Crippen molar-refractivity contribution in [2.75, 3.05) is 7.05 Å². The monoisotopic (exact) mass is 313 g/mol. The predicted octanol–water partition coefficient (Wildman–Crippen LogP) is 5.36. The molecule has 0 heterocycles. The summed E-state index contributed by atoms with van der Waals surface area (Å²) in [6.07, 6.45) is 0. The van der Waals surface area contributed by atoms with Crippen molar-refractivity contribution in [3.05, 3.63) is 71.2 Å². The lowest BCUT2D eigenvalue weighted by molar-refractivity contribution is 0.817. The zero-order valence-electron chi connectivity index (χ0n) is 11.8. The Labute approximate surface area is 134 Å². The summed E-state index contributed by atoms with van der Waals surface area (Å²) in [7, 11) is 1.92. The number of hydrogen-bond donors (Lipinski definition) is 1. The molecule has 0 amide bonds. The summed E-state index contributed by atoms with van der Waals surface area (Å²) in [6, 6.07) is 21.2. The Morgan fingerprint density at radius 3 is 2.38 bits per heavy atom. The fourth-order valence-corrected chi connectivity index (χ4v) is 3.51. The maximum Gasteiger partial charge on any atom is 0.0462 e. The van der Waals surface area contributed by atoms with Crippen molar-refractivity contribution >= 4 is 34.1 Å². The topological polar surface area (TPSA) is 12.0 Å². The first-order valence-electron chi connectivity index (χ1n) is 6.86. The SMILES string of the molecule is CNCc1ccc(Sc2ccc3ccccc3c2)cc1Cl. The molecule has 0 spiro atoms. The van der Waals surface area contributed by atoms with E-state index in [1.54, 1.807) is 11.8 Å². The zero-order valence-corrected chi connectivity index (χ0v) is 13.3. The Hall–Kier alpha value is -1.48. The summed E-state index contributed by atoms with van der Waals surface area (Å²) in [6.45, 7) is 0.791. The molecule has 3 heteroatoms. The molecule has 3 aromatic carbocycles. The van der Waals surface area contributed by atoms with E-state index in [2.05, 4.69) is 59.9 Å². The van der Waals surface area contributed by atoms with Gasteiger partial charge in [-0.15, -0.1) is 0 Å². The Morgan fingerprint density at radius 2 is 1.62 bits per heavy atom. The van der Waals surface area contributed by atoms with Gasteiger partial charge in [-0.3, -0.25) is 0 Å². The highest BCUT2D eigenvalue weighted by atomic mass is 35.5. The molecule has 106 valence electrons. The average Bonchev–Trinajstić information content (AvgIpc) is 2.50. The number of rotatable bonds is 4. The predicted molar refractivity (Wildman–Crippen MR) is 92.3 cm³/mol. The fourth-order valence-electron chi connectivity index (χ4n) is 2.29. The number of halogens is 1. The molecule has 1 N–H and O–H groups in total. The molecule has 0 bridgehead atoms. The van der Waals surface area contributed by atoms with Gasteiger partial charge in [0.05, 0.1) is 0 Å². The molecule has 21 heavy (non-hydrogen) atoms. The second kappa shape index (κ2) is 6.52. The summed E-state index contributed by atoms with van der Waals surface area (Å²) in [5.74, 6) is 0. The van der Waals surface area contributed by atoms with Crippen LogP contribution in [-0.4, -0.2) is 7.05 Å². The third-order valence-corrected chi connectivity index (χ3v) is 4.68. The highest BCUT2D eigenvalue weighted by Gasteiger charge is 2.04. The van der Waals surface area contributed by atoms with Gasteiger partial charge in [-0.2, -0.15) is 0 Å². The minimum atomic E-state index is 0.791. The van der Waals surface area contributed by atoms with Gasteiger partial charge >= 0.3 is 0 Å². The van der Waals surface area contributed by atoms with Crippen LogP contribution in [0, 0.1) is 0 Å². The summed E-state index contributed by atoms with van der Waals surface area (Å²) >= 11 is 8.05. The lowest BCUT2D eigenvalue weighted by Crippen LogP contribution is -2.05. The van der Waals surface area contributed by atoms with E-state index in [-0.39, 0.29) is 0 Å². The first-order chi connectivity index (χ1) is 10.3. The molecular weight excluding hydrogens is 298 g/mol. The fraction of sp³-hybridized carbons (Fsp3) is 0.111. The van der Waals surface area contributed by atoms with Crippen LogP contribution in [0.25, 0.3) is 10.8 Å². The largest absolute Gasteiger partial charge is 0.316 e. The third kappa shape index (κ3) is 3.41. The third-order valence-electron chi connectivity index (χ3n) is 3.35. The second-order valence-electron chi connectivity index (χ2n) is 4.89. The average molecular weight is 314 g/mol. The first-order valence-corrected chi connectivity index (χ1v) is 8.05. The van der Waals surface area contributed by atoms with E-state index < -0.39 is 0 Å². The summed E-state index contributed by atoms with van der Waals surface area (Å²) in [5, 5.41) is 6.47. The molecule has 0 saturated heterocycles. The van der Waals surface area contributed by atoms with Crippen LogP contribution < -0.4 is 5.32 Å².